The Labute approximate surface area is 283 Å². The molecule has 0 radical (unpaired) electrons. The van der Waals surface area contributed by atoms with Crippen LogP contribution < -0.4 is 14.8 Å². The zero-order chi connectivity index (χ0) is 34.9. The number of rotatable bonds is 12. The number of nitrogens with one attached hydrogen (secondary N) is 1. The highest BCUT2D eigenvalue weighted by Gasteiger charge is 2.33. The van der Waals surface area contributed by atoms with E-state index in [1.165, 1.54) is 0 Å². The van der Waals surface area contributed by atoms with Crippen molar-refractivity contribution >= 4 is 21.8 Å². The van der Waals surface area contributed by atoms with Crippen molar-refractivity contribution in [3.8, 4) is 28.7 Å². The molecular weight excluding hydrogens is 630 g/mol. The number of carbonyl (C=O) groups excluding carboxylic acids is 2. The molecule has 1 saturated heterocycles. The minimum atomic E-state index is -3.90. The van der Waals surface area contributed by atoms with Crippen molar-refractivity contribution in [2.45, 2.75) is 57.0 Å². The number of hydrogen-bond acceptors (Lipinski definition) is 8. The van der Waals surface area contributed by atoms with Gasteiger partial charge in [0.1, 0.15) is 5.60 Å². The van der Waals surface area contributed by atoms with Crippen LogP contribution in [0.25, 0.3) is 11.1 Å². The van der Waals surface area contributed by atoms with Crippen molar-refractivity contribution in [2.24, 2.45) is 11.8 Å². The van der Waals surface area contributed by atoms with E-state index >= 15 is 0 Å². The second-order valence-electron chi connectivity index (χ2n) is 13.1. The normalized spacial score (nSPS) is 14.5. The molecule has 1 atom stereocenters. The summed E-state index contributed by atoms with van der Waals surface area (Å²) in [6.45, 7) is 6.92. The van der Waals surface area contributed by atoms with Crippen molar-refractivity contribution in [1.29, 1.82) is 5.26 Å². The number of likely N-dealkylation sites (tertiary alicyclic amines) is 1. The predicted molar refractivity (Wildman–Crippen MR) is 184 cm³/mol. The van der Waals surface area contributed by atoms with Crippen molar-refractivity contribution in [3.63, 3.8) is 0 Å². The minimum absolute atomic E-state index is 0.120. The van der Waals surface area contributed by atoms with Gasteiger partial charge in [-0.3, -0.25) is 4.79 Å². The number of alkyl carbamates (subject to hydrolysis) is 1. The number of hydrogen-bond donors (Lipinski definition) is 1. The van der Waals surface area contributed by atoms with Gasteiger partial charge in [-0.2, -0.15) is 5.26 Å². The summed E-state index contributed by atoms with van der Waals surface area (Å²) in [7, 11) is -0.813. The lowest BCUT2D eigenvalue weighted by Gasteiger charge is -2.34. The van der Waals surface area contributed by atoms with Gasteiger partial charge in [0, 0.05) is 19.6 Å². The maximum absolute atomic E-state index is 14.0. The van der Waals surface area contributed by atoms with Gasteiger partial charge in [-0.25, -0.2) is 13.2 Å². The number of sulfone groups is 1. The van der Waals surface area contributed by atoms with E-state index in [2.05, 4.69) is 11.4 Å². The topological polar surface area (TPSA) is 135 Å². The van der Waals surface area contributed by atoms with E-state index in [1.807, 2.05) is 39.0 Å². The average Bonchev–Trinajstić information content (AvgIpc) is 3.07. The molecule has 48 heavy (non-hydrogen) atoms. The van der Waals surface area contributed by atoms with Crippen LogP contribution in [0.15, 0.2) is 71.6 Å². The molecule has 4 rings (SSSR count). The molecule has 1 aliphatic heterocycles. The van der Waals surface area contributed by atoms with Crippen molar-refractivity contribution < 1.29 is 32.2 Å². The summed E-state index contributed by atoms with van der Waals surface area (Å²) in [6.07, 6.45) is 1.99. The SMILES string of the molecule is COc1ccc(-c2cccc(S(=O)(=O)CC(Cc3cccc(C#N)c3)C(=O)N3CCC(CCNC(=O)OC(C)(C)C)CC3)c2)cc1OC. The third-order valence-electron chi connectivity index (χ3n) is 8.37. The Bertz CT molecular complexity index is 1740. The highest BCUT2D eigenvalue weighted by atomic mass is 32.2. The van der Waals surface area contributed by atoms with E-state index < -0.39 is 27.4 Å². The smallest absolute Gasteiger partial charge is 0.407 e. The van der Waals surface area contributed by atoms with Crippen LogP contribution in [-0.4, -0.2) is 70.5 Å². The number of nitriles is 1. The monoisotopic (exact) mass is 675 g/mol. The number of piperidine rings is 1. The molecule has 1 N–H and O–H groups in total. The van der Waals surface area contributed by atoms with Crippen LogP contribution in [0.4, 0.5) is 4.79 Å². The second-order valence-corrected chi connectivity index (χ2v) is 15.1. The van der Waals surface area contributed by atoms with E-state index in [9.17, 15) is 23.3 Å². The maximum Gasteiger partial charge on any atom is 0.407 e. The summed E-state index contributed by atoms with van der Waals surface area (Å²) >= 11 is 0. The molecule has 11 heteroatoms. The molecule has 3 aromatic carbocycles. The Hall–Kier alpha value is -4.56. The van der Waals surface area contributed by atoms with Gasteiger partial charge in [-0.15, -0.1) is 0 Å². The van der Waals surface area contributed by atoms with Gasteiger partial charge < -0.3 is 24.4 Å². The van der Waals surface area contributed by atoms with Gasteiger partial charge >= 0.3 is 6.09 Å². The van der Waals surface area contributed by atoms with E-state index in [-0.39, 0.29) is 23.0 Å². The third-order valence-corrected chi connectivity index (χ3v) is 10.2. The van der Waals surface area contributed by atoms with Crippen LogP contribution >= 0.6 is 0 Å². The van der Waals surface area contributed by atoms with Crippen LogP contribution in [0.3, 0.4) is 0 Å². The first-order valence-electron chi connectivity index (χ1n) is 16.1. The van der Waals surface area contributed by atoms with Gasteiger partial charge in [0.25, 0.3) is 0 Å². The summed E-state index contributed by atoms with van der Waals surface area (Å²) < 4.78 is 44.0. The third kappa shape index (κ3) is 9.97. The molecule has 0 aromatic heterocycles. The summed E-state index contributed by atoms with van der Waals surface area (Å²) in [5, 5.41) is 12.2. The Kier molecular flexibility index (Phi) is 12.1. The largest absolute Gasteiger partial charge is 0.493 e. The van der Waals surface area contributed by atoms with Crippen LogP contribution in [0.2, 0.25) is 0 Å². The van der Waals surface area contributed by atoms with Gasteiger partial charge in [0.2, 0.25) is 5.91 Å². The van der Waals surface area contributed by atoms with E-state index in [0.29, 0.717) is 48.2 Å². The Morgan fingerprint density at radius 1 is 0.958 bits per heavy atom. The van der Waals surface area contributed by atoms with Crippen molar-refractivity contribution in [2.75, 3.05) is 39.6 Å². The average molecular weight is 676 g/mol. The summed E-state index contributed by atoms with van der Waals surface area (Å²) in [5.74, 6) is -0.0401. The first-order valence-corrected chi connectivity index (χ1v) is 17.8. The fourth-order valence-electron chi connectivity index (χ4n) is 5.91. The molecule has 1 aliphatic rings. The standard InChI is InChI=1S/C37H45N3O7S/c1-37(2,3)47-36(42)39-17-14-26-15-18-40(19-16-26)35(41)31(21-27-8-6-9-28(20-27)24-38)25-48(43,44)32-11-7-10-29(22-32)30-12-13-33(45-4)34(23-30)46-5/h6-13,20,22-23,26,31H,14-19,21,25H2,1-5H3,(H,39,42). The zero-order valence-electron chi connectivity index (χ0n) is 28.3. The molecule has 10 nitrogen and oxygen atoms in total. The Morgan fingerprint density at radius 3 is 2.31 bits per heavy atom. The van der Waals surface area contributed by atoms with Crippen molar-refractivity contribution in [1.82, 2.24) is 10.2 Å². The lowest BCUT2D eigenvalue weighted by atomic mass is 9.92. The second kappa shape index (κ2) is 16.0. The first kappa shape index (κ1) is 36.3. The Balaban J connectivity index is 1.49. The van der Waals surface area contributed by atoms with Gasteiger partial charge in [0.05, 0.1) is 42.4 Å². The fourth-order valence-corrected chi connectivity index (χ4v) is 7.48. The molecule has 256 valence electrons. The van der Waals surface area contributed by atoms with Gasteiger partial charge in [-0.05, 0) is 105 Å². The number of ether oxygens (including phenoxy) is 3. The number of methoxy groups -OCH3 is 2. The molecule has 0 bridgehead atoms. The quantitative estimate of drug-likeness (QED) is 0.246. The van der Waals surface area contributed by atoms with Crippen LogP contribution in [0.5, 0.6) is 11.5 Å². The van der Waals surface area contributed by atoms with E-state index in [1.54, 1.807) is 67.7 Å². The summed E-state index contributed by atoms with van der Waals surface area (Å²) in [4.78, 5) is 27.9. The molecular formula is C37H45N3O7S. The Morgan fingerprint density at radius 2 is 1.65 bits per heavy atom. The molecule has 1 unspecified atom stereocenters. The van der Waals surface area contributed by atoms with E-state index in [4.69, 9.17) is 14.2 Å². The zero-order valence-corrected chi connectivity index (χ0v) is 29.1. The molecule has 1 fully saturated rings. The molecule has 0 aliphatic carbocycles. The molecule has 0 spiro atoms. The maximum atomic E-state index is 14.0. The lowest BCUT2D eigenvalue weighted by molar-refractivity contribution is -0.136. The molecule has 0 saturated carbocycles. The van der Waals surface area contributed by atoms with Crippen LogP contribution in [0, 0.1) is 23.2 Å². The van der Waals surface area contributed by atoms with Gasteiger partial charge in [0.15, 0.2) is 21.3 Å². The fraction of sp³-hybridized carbons (Fsp3) is 0.432. The summed E-state index contributed by atoms with van der Waals surface area (Å²) in [6, 6.07) is 21.1. The highest BCUT2D eigenvalue weighted by molar-refractivity contribution is 7.91. The summed E-state index contributed by atoms with van der Waals surface area (Å²) in [5.41, 5.74) is 2.05. The van der Waals surface area contributed by atoms with Crippen LogP contribution in [-0.2, 0) is 25.8 Å². The lowest BCUT2D eigenvalue weighted by Crippen LogP contribution is -2.44. The first-order chi connectivity index (χ1) is 22.8. The van der Waals surface area contributed by atoms with Gasteiger partial charge in [-0.1, -0.05) is 30.3 Å². The van der Waals surface area contributed by atoms with Crippen LogP contribution in [0.1, 0.15) is 51.2 Å². The van der Waals surface area contributed by atoms with Crippen molar-refractivity contribution in [3.05, 3.63) is 77.9 Å². The predicted octanol–water partition coefficient (Wildman–Crippen LogP) is 6.03. The molecule has 3 aromatic rings. The molecule has 1 heterocycles. The number of benzene rings is 3. The highest BCUT2D eigenvalue weighted by Crippen LogP contribution is 2.33. The minimum Gasteiger partial charge on any atom is -0.493 e. The number of amides is 2. The number of carbonyl (C=O) groups is 2. The number of nitrogens with zero attached hydrogens (tertiary/aromatic N) is 2. The van der Waals surface area contributed by atoms with E-state index in [0.717, 1.165) is 30.4 Å². The molecule has 2 amide bonds.